The molecule has 3 heteroatoms. The van der Waals surface area contributed by atoms with E-state index in [-0.39, 0.29) is 0 Å². The smallest absolute Gasteiger partial charge is 0.333 e. The van der Waals surface area contributed by atoms with E-state index in [1.54, 1.807) is 0 Å². The van der Waals surface area contributed by atoms with Crippen molar-refractivity contribution >= 4 is 6.03 Å². The van der Waals surface area contributed by atoms with Gasteiger partial charge in [-0.15, -0.1) is 0 Å². The first-order valence-corrected chi connectivity index (χ1v) is 3.16. The first kappa shape index (κ1) is 8.27. The Kier molecular flexibility index (Phi) is 3.84. The van der Waals surface area contributed by atoms with Crippen molar-refractivity contribution in [3.05, 3.63) is 0 Å². The van der Waals surface area contributed by atoms with Crippen LogP contribution in [0.15, 0.2) is 0 Å². The zero-order chi connectivity index (χ0) is 7.28. The molecule has 0 spiro atoms. The summed E-state index contributed by atoms with van der Waals surface area (Å²) in [4.78, 5) is 10.0. The Balaban J connectivity index is 3.16. The van der Waals surface area contributed by atoms with E-state index in [4.69, 9.17) is 5.73 Å². The van der Waals surface area contributed by atoms with Gasteiger partial charge in [-0.2, -0.15) is 0 Å². The number of rotatable bonds is 3. The van der Waals surface area contributed by atoms with Crippen molar-refractivity contribution < 1.29 is 4.79 Å². The quantitative estimate of drug-likeness (QED) is 0.607. The molecule has 0 bridgehead atoms. The van der Waals surface area contributed by atoms with Crippen molar-refractivity contribution in [2.75, 3.05) is 6.54 Å². The van der Waals surface area contributed by atoms with Crippen LogP contribution in [0.5, 0.6) is 0 Å². The summed E-state index contributed by atoms with van der Waals surface area (Å²) in [6, 6.07) is -0.685. The Bertz CT molecular complexity index is 93.1. The van der Waals surface area contributed by atoms with Crippen molar-refractivity contribution in [2.45, 2.75) is 20.3 Å². The molecule has 0 heterocycles. The van der Waals surface area contributed by atoms with Crippen LogP contribution in [0.3, 0.4) is 0 Å². The van der Waals surface area contributed by atoms with Gasteiger partial charge in [-0.05, 0) is 5.92 Å². The third-order valence-electron chi connectivity index (χ3n) is 1.31. The molecule has 2 N–H and O–H groups in total. The van der Waals surface area contributed by atoms with Crippen LogP contribution in [-0.2, 0) is 0 Å². The van der Waals surface area contributed by atoms with Gasteiger partial charge in [0.2, 0.25) is 0 Å². The monoisotopic (exact) mass is 129 g/mol. The lowest BCUT2D eigenvalue weighted by molar-refractivity contribution is 0.246. The molecular weight excluding hydrogens is 116 g/mol. The first-order chi connectivity index (χ1) is 4.16. The number of nitrogens with one attached hydrogen (secondary N) is 2. The normalized spacial score (nSPS) is 12.7. The SMILES string of the molecule is CCC(C)CNC([NH])=O. The third-order valence-corrected chi connectivity index (χ3v) is 1.31. The van der Waals surface area contributed by atoms with Crippen molar-refractivity contribution in [3.8, 4) is 0 Å². The predicted molar refractivity (Wildman–Crippen MR) is 36.0 cm³/mol. The van der Waals surface area contributed by atoms with Crippen LogP contribution >= 0.6 is 0 Å². The van der Waals surface area contributed by atoms with Gasteiger partial charge in [0.1, 0.15) is 0 Å². The number of carbonyl (C=O) groups is 1. The minimum atomic E-state index is -0.685. The highest BCUT2D eigenvalue weighted by atomic mass is 16.2. The maximum absolute atomic E-state index is 10.0. The van der Waals surface area contributed by atoms with E-state index in [1.165, 1.54) is 0 Å². The van der Waals surface area contributed by atoms with E-state index in [2.05, 4.69) is 12.2 Å². The van der Waals surface area contributed by atoms with Gasteiger partial charge in [0, 0.05) is 6.54 Å². The van der Waals surface area contributed by atoms with Crippen molar-refractivity contribution in [1.82, 2.24) is 11.1 Å². The predicted octanol–water partition coefficient (Wildman–Crippen LogP) is 1.02. The highest BCUT2D eigenvalue weighted by Gasteiger charge is 1.98. The number of hydrogen-bond donors (Lipinski definition) is 1. The van der Waals surface area contributed by atoms with Crippen LogP contribution in [0.25, 0.3) is 0 Å². The number of amides is 2. The summed E-state index contributed by atoms with van der Waals surface area (Å²) in [5.41, 5.74) is 6.50. The fourth-order valence-electron chi connectivity index (χ4n) is 0.411. The molecule has 3 nitrogen and oxygen atoms in total. The average Bonchev–Trinajstić information content (AvgIpc) is 1.83. The zero-order valence-corrected chi connectivity index (χ0v) is 5.90. The summed E-state index contributed by atoms with van der Waals surface area (Å²) in [6.07, 6.45) is 1.04. The van der Waals surface area contributed by atoms with Crippen molar-refractivity contribution in [1.29, 1.82) is 0 Å². The Labute approximate surface area is 55.6 Å². The van der Waals surface area contributed by atoms with Crippen LogP contribution in [0.1, 0.15) is 20.3 Å². The molecular formula is C6H13N2O. The van der Waals surface area contributed by atoms with E-state index in [1.807, 2.05) is 6.92 Å². The lowest BCUT2D eigenvalue weighted by atomic mass is 10.1. The van der Waals surface area contributed by atoms with Gasteiger partial charge in [0.05, 0.1) is 0 Å². The molecule has 0 aromatic heterocycles. The number of urea groups is 1. The van der Waals surface area contributed by atoms with Gasteiger partial charge in [0.15, 0.2) is 0 Å². The summed E-state index contributed by atoms with van der Waals surface area (Å²) in [5, 5.41) is 2.42. The third kappa shape index (κ3) is 5.14. The summed E-state index contributed by atoms with van der Waals surface area (Å²) in [6.45, 7) is 4.72. The molecule has 0 aliphatic heterocycles. The van der Waals surface area contributed by atoms with Crippen LogP contribution in [0.4, 0.5) is 4.79 Å². The minimum Gasteiger partial charge on any atom is -0.336 e. The largest absolute Gasteiger partial charge is 0.336 e. The molecule has 1 atom stereocenters. The van der Waals surface area contributed by atoms with E-state index in [9.17, 15) is 4.79 Å². The molecule has 1 radical (unpaired) electrons. The molecule has 0 aliphatic rings. The van der Waals surface area contributed by atoms with E-state index >= 15 is 0 Å². The summed E-state index contributed by atoms with van der Waals surface area (Å²) < 4.78 is 0. The fourth-order valence-corrected chi connectivity index (χ4v) is 0.411. The molecule has 53 valence electrons. The standard InChI is InChI=1S/C6H13N2O/c1-3-5(2)4-8-6(7)9/h5,7H,3-4H2,1-2H3,(H,8,9). The van der Waals surface area contributed by atoms with Gasteiger partial charge in [0.25, 0.3) is 0 Å². The Hall–Kier alpha value is -0.730. The minimum absolute atomic E-state index is 0.485. The first-order valence-electron chi connectivity index (χ1n) is 3.16. The van der Waals surface area contributed by atoms with E-state index < -0.39 is 6.03 Å². The maximum atomic E-state index is 10.0. The topological polar surface area (TPSA) is 52.9 Å². The fraction of sp³-hybridized carbons (Fsp3) is 0.833. The lowest BCUT2D eigenvalue weighted by Crippen LogP contribution is -2.27. The summed E-state index contributed by atoms with van der Waals surface area (Å²) in [7, 11) is 0. The Morgan fingerprint density at radius 3 is 2.67 bits per heavy atom. The van der Waals surface area contributed by atoms with Gasteiger partial charge < -0.3 is 5.32 Å². The number of hydrogen-bond acceptors (Lipinski definition) is 1. The van der Waals surface area contributed by atoms with Crippen molar-refractivity contribution in [3.63, 3.8) is 0 Å². The molecule has 0 saturated heterocycles. The van der Waals surface area contributed by atoms with E-state index in [0.717, 1.165) is 6.42 Å². The molecule has 2 amide bonds. The van der Waals surface area contributed by atoms with Crippen LogP contribution in [0.2, 0.25) is 0 Å². The van der Waals surface area contributed by atoms with Crippen LogP contribution in [-0.4, -0.2) is 12.6 Å². The van der Waals surface area contributed by atoms with Gasteiger partial charge >= 0.3 is 6.03 Å². The lowest BCUT2D eigenvalue weighted by Gasteiger charge is -2.06. The average molecular weight is 129 g/mol. The Morgan fingerprint density at radius 1 is 1.78 bits per heavy atom. The van der Waals surface area contributed by atoms with Gasteiger partial charge in [-0.3, -0.25) is 0 Å². The molecule has 0 aliphatic carbocycles. The van der Waals surface area contributed by atoms with Crippen LogP contribution in [0, 0.1) is 5.92 Å². The molecule has 0 aromatic carbocycles. The van der Waals surface area contributed by atoms with Crippen molar-refractivity contribution in [2.24, 2.45) is 5.92 Å². The molecule has 9 heavy (non-hydrogen) atoms. The highest BCUT2D eigenvalue weighted by Crippen LogP contribution is 1.96. The second-order valence-corrected chi connectivity index (χ2v) is 2.22. The molecule has 0 rings (SSSR count). The summed E-state index contributed by atoms with van der Waals surface area (Å²) >= 11 is 0. The second-order valence-electron chi connectivity index (χ2n) is 2.22. The second kappa shape index (κ2) is 4.18. The number of carbonyl (C=O) groups excluding carboxylic acids is 1. The zero-order valence-electron chi connectivity index (χ0n) is 5.90. The molecule has 1 unspecified atom stereocenters. The van der Waals surface area contributed by atoms with E-state index in [0.29, 0.717) is 12.5 Å². The Morgan fingerprint density at radius 2 is 2.33 bits per heavy atom. The molecule has 0 saturated carbocycles. The maximum Gasteiger partial charge on any atom is 0.333 e. The molecule has 0 fully saturated rings. The highest BCUT2D eigenvalue weighted by molar-refractivity contribution is 5.70. The van der Waals surface area contributed by atoms with Gasteiger partial charge in [-0.25, -0.2) is 10.5 Å². The van der Waals surface area contributed by atoms with Crippen LogP contribution < -0.4 is 11.1 Å². The molecule has 0 aromatic rings. The van der Waals surface area contributed by atoms with Gasteiger partial charge in [-0.1, -0.05) is 20.3 Å². The summed E-state index contributed by atoms with van der Waals surface area (Å²) in [5.74, 6) is 0.485.